The van der Waals surface area contributed by atoms with Crippen LogP contribution in [0.4, 0.5) is 10.6 Å². The third-order valence-electron chi connectivity index (χ3n) is 18.2. The Morgan fingerprint density at radius 1 is 0.851 bits per heavy atom. The average Bonchev–Trinajstić information content (AvgIpc) is 3.97. The van der Waals surface area contributed by atoms with Gasteiger partial charge in [-0.05, 0) is 170 Å². The van der Waals surface area contributed by atoms with E-state index in [0.717, 1.165) is 153 Å². The molecule has 2 aromatic heterocycles. The smallest absolute Gasteiger partial charge is 0.405 e. The molecule has 11 nitrogen and oxygen atoms in total. The van der Waals surface area contributed by atoms with E-state index in [4.69, 9.17) is 25.5 Å². The number of ether oxygens (including phenoxy) is 1. The maximum absolute atomic E-state index is 11.0. The summed E-state index contributed by atoms with van der Waals surface area (Å²) >= 11 is 0. The van der Waals surface area contributed by atoms with Crippen LogP contribution in [0.3, 0.4) is 0 Å². The van der Waals surface area contributed by atoms with Gasteiger partial charge in [0.2, 0.25) is 0 Å². The van der Waals surface area contributed by atoms with E-state index in [9.17, 15) is 9.90 Å². The number of aromatic nitrogens is 3. The molecule has 8 rings (SSSR count). The number of rotatable bonds is 22. The van der Waals surface area contributed by atoms with Crippen molar-refractivity contribution in [1.29, 1.82) is 0 Å². The molecule has 1 saturated heterocycles. The molecule has 7 unspecified atom stereocenters. The summed E-state index contributed by atoms with van der Waals surface area (Å²) in [5.74, 6) is 9.76. The number of aliphatic hydroxyl groups excluding tert-OH is 1. The molecule has 5 N–H and O–H groups in total. The first-order valence-electron chi connectivity index (χ1n) is 30.2. The number of nitrogen functional groups attached to an aromatic ring is 1. The molecule has 1 aliphatic heterocycles. The van der Waals surface area contributed by atoms with Crippen LogP contribution < -0.4 is 11.1 Å². The predicted octanol–water partition coefficient (Wildman–Crippen LogP) is 14.0. The van der Waals surface area contributed by atoms with E-state index in [1.807, 2.05) is 33.3 Å². The van der Waals surface area contributed by atoms with Gasteiger partial charge in [0.15, 0.2) is 5.82 Å². The fourth-order valence-corrected chi connectivity index (χ4v) is 14.0. The number of nitrogens with one attached hydrogen (secondary N) is 1. The molecule has 3 saturated carbocycles. The van der Waals surface area contributed by atoms with Gasteiger partial charge in [-0.3, -0.25) is 0 Å². The topological polar surface area (TPSA) is 142 Å². The highest BCUT2D eigenvalue weighted by Crippen LogP contribution is 2.59. The first-order chi connectivity index (χ1) is 35.3. The monoisotopic (exact) mass is 1030 g/mol. The second kappa shape index (κ2) is 27.4. The minimum Gasteiger partial charge on any atom is -0.465 e. The second-order valence-corrected chi connectivity index (χ2v) is 26.1. The van der Waals surface area contributed by atoms with E-state index in [-0.39, 0.29) is 17.6 Å². The number of allylic oxidation sites excluding steroid dienone is 2. The van der Waals surface area contributed by atoms with E-state index in [1.165, 1.54) is 56.9 Å². The molecule has 74 heavy (non-hydrogen) atoms. The SMILES string of the molecule is CC.CC(C)CCCC(C)C1CCC2C1CCC1C3CCCCC3=CCC12.CCCCc1nc2c(N)nc3cc(CCCN4CCN(CCC(C)(C)OCC(C)(C)NC(=O)O)CC4)ccc3c2n1CC(C)(C)CO. The standard InChI is InChI=1S/C36H59N7O4.C25H42.C2H6/c1-8-9-12-29-39-30-31(43(29)23-34(2,3)24-44)27-14-13-26(22-28(27)38-32(30)37)11-10-16-41-18-20-42(21-19-41)17-15-36(6,7)47-25-35(4,5)40-33(45)46;1-17(2)7-6-8-18(3)20-13-14-25-22(20)15-16-23-21-10-5-4-9-19(21)11-12-24(23)25;1-2/h13-14,22,40,44H,8-12,15-21,23-25H2,1-7H3,(H2,37,38)(H,45,46);11,17-18,20-25H,4-10,12-16H2,1-3H3;1-2H3. The van der Waals surface area contributed by atoms with Gasteiger partial charge in [0, 0.05) is 63.1 Å². The molecule has 0 radical (unpaired) electrons. The number of aliphatic hydroxyl groups is 1. The lowest BCUT2D eigenvalue weighted by Gasteiger charge is -2.49. The van der Waals surface area contributed by atoms with Crippen LogP contribution in [0.5, 0.6) is 0 Å². The predicted molar refractivity (Wildman–Crippen MR) is 310 cm³/mol. The normalized spacial score (nSPS) is 24.1. The number of carboxylic acid groups (broad SMARTS) is 1. The zero-order valence-corrected chi connectivity index (χ0v) is 49.0. The molecular weight excluding hydrogens is 919 g/mol. The largest absolute Gasteiger partial charge is 0.465 e. The molecule has 1 amide bonds. The lowest BCUT2D eigenvalue weighted by atomic mass is 9.56. The number of fused-ring (bicyclic) bond motifs is 8. The molecular formula is C63H107N7O4. The van der Waals surface area contributed by atoms with Gasteiger partial charge in [0.25, 0.3) is 0 Å². The number of hydrogen-bond acceptors (Lipinski definition) is 8. The van der Waals surface area contributed by atoms with Crippen molar-refractivity contribution in [2.45, 2.75) is 216 Å². The van der Waals surface area contributed by atoms with Gasteiger partial charge in [0.05, 0.1) is 28.8 Å². The minimum absolute atomic E-state index is 0.0962. The molecule has 11 heteroatoms. The molecule has 418 valence electrons. The Labute approximate surface area is 450 Å². The molecule has 5 aliphatic rings. The summed E-state index contributed by atoms with van der Waals surface area (Å²) in [6.45, 7) is 32.9. The number of aryl methyl sites for hydroxylation is 2. The minimum atomic E-state index is -1.03. The van der Waals surface area contributed by atoms with Crippen molar-refractivity contribution in [3.05, 3.63) is 41.2 Å². The fraction of sp³-hybridized carbons (Fsp3) is 0.794. The highest BCUT2D eigenvalue weighted by molar-refractivity contribution is 6.06. The highest BCUT2D eigenvalue weighted by Gasteiger charge is 2.50. The van der Waals surface area contributed by atoms with Crippen LogP contribution in [0.25, 0.3) is 21.9 Å². The number of pyridine rings is 1. The van der Waals surface area contributed by atoms with Crippen molar-refractivity contribution in [3.8, 4) is 0 Å². The van der Waals surface area contributed by atoms with Crippen LogP contribution >= 0.6 is 0 Å². The van der Waals surface area contributed by atoms with E-state index in [1.54, 1.807) is 25.7 Å². The van der Waals surface area contributed by atoms with Crippen LogP contribution in [0.15, 0.2) is 29.8 Å². The van der Waals surface area contributed by atoms with Gasteiger partial charge in [-0.1, -0.05) is 111 Å². The molecule has 1 aromatic carbocycles. The quantitative estimate of drug-likeness (QED) is 0.0724. The van der Waals surface area contributed by atoms with Crippen molar-refractivity contribution in [2.24, 2.45) is 52.8 Å². The van der Waals surface area contributed by atoms with E-state index in [2.05, 4.69) is 99.3 Å². The van der Waals surface area contributed by atoms with Crippen molar-refractivity contribution in [1.82, 2.24) is 29.7 Å². The average molecular weight is 1030 g/mol. The number of amides is 1. The summed E-state index contributed by atoms with van der Waals surface area (Å²) in [5.41, 5.74) is 11.1. The summed E-state index contributed by atoms with van der Waals surface area (Å²) in [6.07, 6.45) is 25.7. The van der Waals surface area contributed by atoms with Gasteiger partial charge in [-0.15, -0.1) is 0 Å². The maximum Gasteiger partial charge on any atom is 0.405 e. The van der Waals surface area contributed by atoms with Crippen LogP contribution in [0, 0.1) is 52.8 Å². The number of nitrogens with two attached hydrogens (primary N) is 1. The zero-order chi connectivity index (χ0) is 53.8. The van der Waals surface area contributed by atoms with Gasteiger partial charge in [-0.2, -0.15) is 0 Å². The summed E-state index contributed by atoms with van der Waals surface area (Å²) in [4.78, 5) is 25.8. The van der Waals surface area contributed by atoms with E-state index in [0.29, 0.717) is 19.0 Å². The molecule has 3 aromatic rings. The molecule has 4 aliphatic carbocycles. The number of hydrogen-bond donors (Lipinski definition) is 4. The Morgan fingerprint density at radius 3 is 2.24 bits per heavy atom. The number of benzene rings is 1. The number of nitrogens with zero attached hydrogens (tertiary/aromatic N) is 5. The summed E-state index contributed by atoms with van der Waals surface area (Å²) in [5, 5.41) is 22.7. The molecule has 4 fully saturated rings. The number of anilines is 1. The van der Waals surface area contributed by atoms with Crippen LogP contribution in [0.1, 0.15) is 197 Å². The molecule has 0 spiro atoms. The number of piperazine rings is 1. The van der Waals surface area contributed by atoms with Gasteiger partial charge >= 0.3 is 6.09 Å². The highest BCUT2D eigenvalue weighted by atomic mass is 16.5. The number of unbranched alkanes of at least 4 members (excludes halogenated alkanes) is 1. The zero-order valence-electron chi connectivity index (χ0n) is 49.0. The lowest BCUT2D eigenvalue weighted by Crippen LogP contribution is -2.49. The Kier molecular flexibility index (Phi) is 22.2. The number of imidazole rings is 1. The molecule has 7 atom stereocenters. The Morgan fingerprint density at radius 2 is 1.55 bits per heavy atom. The summed E-state index contributed by atoms with van der Waals surface area (Å²) in [7, 11) is 0. The Bertz CT molecular complexity index is 2240. The van der Waals surface area contributed by atoms with Crippen molar-refractivity contribution in [2.75, 3.05) is 58.2 Å². The van der Waals surface area contributed by atoms with Crippen LogP contribution in [-0.2, 0) is 24.1 Å². The summed E-state index contributed by atoms with van der Waals surface area (Å²) in [6, 6.07) is 6.59. The fourth-order valence-electron chi connectivity index (χ4n) is 14.0. The molecule has 0 bridgehead atoms. The van der Waals surface area contributed by atoms with Crippen LogP contribution in [0.2, 0.25) is 0 Å². The molecule has 3 heterocycles. The first-order valence-corrected chi connectivity index (χ1v) is 30.2. The van der Waals surface area contributed by atoms with Crippen molar-refractivity contribution >= 4 is 33.8 Å². The number of carbonyl (C=O) groups is 1. The van der Waals surface area contributed by atoms with Crippen molar-refractivity contribution < 1.29 is 19.7 Å². The van der Waals surface area contributed by atoms with Gasteiger partial charge in [-0.25, -0.2) is 14.8 Å². The van der Waals surface area contributed by atoms with E-state index < -0.39 is 11.6 Å². The maximum atomic E-state index is 11.0. The summed E-state index contributed by atoms with van der Waals surface area (Å²) < 4.78 is 8.39. The first kappa shape index (κ1) is 60.0. The lowest BCUT2D eigenvalue weighted by molar-refractivity contribution is -0.0522. The van der Waals surface area contributed by atoms with Crippen molar-refractivity contribution in [3.63, 3.8) is 0 Å². The second-order valence-electron chi connectivity index (χ2n) is 26.1. The van der Waals surface area contributed by atoms with E-state index >= 15 is 0 Å². The van der Waals surface area contributed by atoms with Gasteiger partial charge < -0.3 is 40.4 Å². The third-order valence-corrected chi connectivity index (χ3v) is 18.2. The Hall–Kier alpha value is -3.25. The van der Waals surface area contributed by atoms with Crippen LogP contribution in [-0.4, -0.2) is 104 Å². The third kappa shape index (κ3) is 16.2. The van der Waals surface area contributed by atoms with Gasteiger partial charge in [0.1, 0.15) is 11.3 Å². The Balaban J connectivity index is 0.000000275.